The van der Waals surface area contributed by atoms with Gasteiger partial charge in [0.15, 0.2) is 0 Å². The number of aliphatic hydroxyl groups is 1. The van der Waals surface area contributed by atoms with Gasteiger partial charge in [-0.3, -0.25) is 9.69 Å². The lowest BCUT2D eigenvalue weighted by Gasteiger charge is -2.33. The lowest BCUT2D eigenvalue weighted by atomic mass is 10.0. The summed E-state index contributed by atoms with van der Waals surface area (Å²) in [5.41, 5.74) is 4.24. The maximum Gasteiger partial charge on any atom is 0.251 e. The Balaban J connectivity index is 1.29. The summed E-state index contributed by atoms with van der Waals surface area (Å²) in [7, 11) is 0. The molecule has 0 aliphatic carbocycles. The minimum Gasteiger partial charge on any atom is -0.489 e. The molecule has 1 amide bonds. The van der Waals surface area contributed by atoms with Crippen molar-refractivity contribution in [3.63, 3.8) is 0 Å². The molecule has 5 rings (SSSR count). The number of amides is 1. The van der Waals surface area contributed by atoms with Gasteiger partial charge in [0.2, 0.25) is 0 Å². The van der Waals surface area contributed by atoms with E-state index in [9.17, 15) is 15.2 Å². The summed E-state index contributed by atoms with van der Waals surface area (Å²) in [6.07, 6.45) is 8.39. The van der Waals surface area contributed by atoms with Crippen LogP contribution in [0.1, 0.15) is 30.9 Å². The first kappa shape index (κ1) is 26.3. The molecule has 0 radical (unpaired) electrons. The molecule has 1 atom stereocenters. The van der Waals surface area contributed by atoms with Crippen molar-refractivity contribution in [3.8, 4) is 22.9 Å². The summed E-state index contributed by atoms with van der Waals surface area (Å²) >= 11 is 2.02. The van der Waals surface area contributed by atoms with Crippen LogP contribution in [0.25, 0.3) is 28.2 Å². The van der Waals surface area contributed by atoms with Crippen molar-refractivity contribution < 1.29 is 14.6 Å². The van der Waals surface area contributed by atoms with Crippen LogP contribution in [0.15, 0.2) is 42.7 Å². The number of hydrogen-bond acceptors (Lipinski definition) is 7. The summed E-state index contributed by atoms with van der Waals surface area (Å²) in [6, 6.07) is 10.1. The quantitative estimate of drug-likeness (QED) is 0.476. The molecule has 2 aliphatic rings. The molecule has 2 aromatic heterocycles. The highest BCUT2D eigenvalue weighted by Gasteiger charge is 2.26. The van der Waals surface area contributed by atoms with E-state index in [1.54, 1.807) is 4.90 Å². The van der Waals surface area contributed by atoms with Gasteiger partial charge in [-0.25, -0.2) is 4.98 Å². The fourth-order valence-electron chi connectivity index (χ4n) is 5.00. The number of aliphatic hydroxyl groups excluding tert-OH is 1. The van der Waals surface area contributed by atoms with Crippen molar-refractivity contribution in [3.05, 3.63) is 53.9 Å². The van der Waals surface area contributed by atoms with Crippen molar-refractivity contribution >= 4 is 34.8 Å². The number of fused-ring (bicyclic) bond motifs is 1. The number of benzene rings is 1. The van der Waals surface area contributed by atoms with Crippen LogP contribution in [0.3, 0.4) is 0 Å². The van der Waals surface area contributed by atoms with Crippen molar-refractivity contribution in [2.75, 3.05) is 44.2 Å². The molecule has 4 heterocycles. The van der Waals surface area contributed by atoms with Gasteiger partial charge < -0.3 is 19.7 Å². The second-order valence-corrected chi connectivity index (χ2v) is 11.0. The zero-order valence-corrected chi connectivity index (χ0v) is 22.4. The highest BCUT2D eigenvalue weighted by atomic mass is 32.2. The number of hydrogen-bond donors (Lipinski definition) is 2. The number of rotatable bonds is 7. The number of ether oxygens (including phenoxy) is 1. The number of H-pyrrole nitrogens is 1. The first-order chi connectivity index (χ1) is 18.5. The molecular weight excluding hydrogens is 498 g/mol. The average Bonchev–Trinajstić information content (AvgIpc) is 3.37. The van der Waals surface area contributed by atoms with E-state index in [0.29, 0.717) is 37.2 Å². The molecule has 2 saturated heterocycles. The van der Waals surface area contributed by atoms with Crippen LogP contribution in [0.5, 0.6) is 5.75 Å². The number of thioether (sulfide) groups is 1. The zero-order chi connectivity index (χ0) is 26.5. The lowest BCUT2D eigenvalue weighted by molar-refractivity contribution is -0.141. The molecule has 8 nitrogen and oxygen atoms in total. The number of carbonyl (C=O) groups excluding carboxylic acids is 1. The van der Waals surface area contributed by atoms with Crippen molar-refractivity contribution in [1.82, 2.24) is 19.8 Å². The topological polar surface area (TPSA) is 105 Å². The Hall–Kier alpha value is -3.32. The lowest BCUT2D eigenvalue weighted by Crippen LogP contribution is -2.45. The van der Waals surface area contributed by atoms with Gasteiger partial charge in [-0.05, 0) is 36.2 Å². The number of nitriles is 1. The third kappa shape index (κ3) is 6.04. The standard InChI is InChI=1S/C29H33N5O3S/c1-20(35)29(36)34-9-6-24(7-10-34)37-27-5-4-22(16-23(27)17-30)26-19-32-28-25(26)15-21(18-31-28)3-2-8-33-11-13-38-14-12-33/h2-5,15-16,18-20,24,35H,6-14H2,1H3,(H,31,32)/b3-2+. The molecule has 0 bridgehead atoms. The minimum atomic E-state index is -0.990. The van der Waals surface area contributed by atoms with Gasteiger partial charge in [0.25, 0.3) is 5.91 Å². The molecule has 1 unspecified atom stereocenters. The number of carbonyl (C=O) groups is 1. The molecule has 0 spiro atoms. The predicted octanol–water partition coefficient (Wildman–Crippen LogP) is 3.91. The normalized spacial score (nSPS) is 18.1. The SMILES string of the molecule is CC(O)C(=O)N1CCC(Oc2ccc(-c3c[nH]c4ncc(/C=C/CN5CCSCC5)cc34)cc2C#N)CC1. The Morgan fingerprint density at radius 1 is 1.29 bits per heavy atom. The number of pyridine rings is 1. The average molecular weight is 532 g/mol. The summed E-state index contributed by atoms with van der Waals surface area (Å²) in [6.45, 7) is 5.77. The van der Waals surface area contributed by atoms with Gasteiger partial charge >= 0.3 is 0 Å². The number of nitrogens with one attached hydrogen (secondary N) is 1. The van der Waals surface area contributed by atoms with E-state index in [4.69, 9.17) is 4.74 Å². The number of nitrogens with zero attached hydrogens (tertiary/aromatic N) is 4. The number of piperidine rings is 1. The van der Waals surface area contributed by atoms with Crippen LogP contribution >= 0.6 is 11.8 Å². The maximum atomic E-state index is 12.0. The molecule has 198 valence electrons. The molecule has 3 aromatic rings. The van der Waals surface area contributed by atoms with E-state index in [1.807, 2.05) is 42.4 Å². The molecule has 38 heavy (non-hydrogen) atoms. The molecule has 1 aromatic carbocycles. The molecule has 0 saturated carbocycles. The van der Waals surface area contributed by atoms with Crippen LogP contribution < -0.4 is 4.74 Å². The molecule has 2 fully saturated rings. The fraction of sp³-hybridized carbons (Fsp3) is 0.414. The highest BCUT2D eigenvalue weighted by molar-refractivity contribution is 7.99. The Morgan fingerprint density at radius 2 is 2.08 bits per heavy atom. The van der Waals surface area contributed by atoms with E-state index >= 15 is 0 Å². The third-order valence-electron chi connectivity index (χ3n) is 7.15. The molecule has 2 N–H and O–H groups in total. The predicted molar refractivity (Wildman–Crippen MR) is 151 cm³/mol. The maximum absolute atomic E-state index is 12.0. The first-order valence-corrected chi connectivity index (χ1v) is 14.3. The Labute approximate surface area is 227 Å². The van der Waals surface area contributed by atoms with Crippen molar-refractivity contribution in [1.29, 1.82) is 5.26 Å². The first-order valence-electron chi connectivity index (χ1n) is 13.1. The summed E-state index contributed by atoms with van der Waals surface area (Å²) in [4.78, 5) is 24.0. The number of likely N-dealkylation sites (tertiary alicyclic amines) is 1. The zero-order valence-electron chi connectivity index (χ0n) is 21.6. The van der Waals surface area contributed by atoms with E-state index in [1.165, 1.54) is 18.4 Å². The third-order valence-corrected chi connectivity index (χ3v) is 8.09. The van der Waals surface area contributed by atoms with Gasteiger partial charge in [0.1, 0.15) is 29.7 Å². The van der Waals surface area contributed by atoms with E-state index in [0.717, 1.165) is 47.4 Å². The van der Waals surface area contributed by atoms with Gasteiger partial charge in [-0.15, -0.1) is 0 Å². The summed E-state index contributed by atoms with van der Waals surface area (Å²) in [5, 5.41) is 20.4. The van der Waals surface area contributed by atoms with Crippen LogP contribution in [-0.4, -0.2) is 87.2 Å². The van der Waals surface area contributed by atoms with Gasteiger partial charge in [-0.2, -0.15) is 17.0 Å². The van der Waals surface area contributed by atoms with E-state index in [2.05, 4.69) is 39.2 Å². The number of aromatic nitrogens is 2. The van der Waals surface area contributed by atoms with Gasteiger partial charge in [0, 0.05) is 80.4 Å². The van der Waals surface area contributed by atoms with Crippen LogP contribution in [-0.2, 0) is 4.79 Å². The highest BCUT2D eigenvalue weighted by Crippen LogP contribution is 2.33. The van der Waals surface area contributed by atoms with Crippen LogP contribution in [0, 0.1) is 11.3 Å². The molecular formula is C29H33N5O3S. The summed E-state index contributed by atoms with van der Waals surface area (Å²) in [5.74, 6) is 2.70. The van der Waals surface area contributed by atoms with E-state index in [-0.39, 0.29) is 12.0 Å². The largest absolute Gasteiger partial charge is 0.489 e. The monoisotopic (exact) mass is 531 g/mol. The van der Waals surface area contributed by atoms with Crippen molar-refractivity contribution in [2.24, 2.45) is 0 Å². The smallest absolute Gasteiger partial charge is 0.251 e. The summed E-state index contributed by atoms with van der Waals surface area (Å²) < 4.78 is 6.18. The Bertz CT molecular complexity index is 1350. The minimum absolute atomic E-state index is 0.0821. The van der Waals surface area contributed by atoms with E-state index < -0.39 is 6.10 Å². The van der Waals surface area contributed by atoms with Crippen LogP contribution in [0.4, 0.5) is 0 Å². The molecule has 9 heteroatoms. The Kier molecular flexibility index (Phi) is 8.32. The van der Waals surface area contributed by atoms with Gasteiger partial charge in [0.05, 0.1) is 5.56 Å². The number of aromatic amines is 1. The second kappa shape index (κ2) is 12.0. The molecule has 2 aliphatic heterocycles. The second-order valence-electron chi connectivity index (χ2n) is 9.82. The Morgan fingerprint density at radius 3 is 2.82 bits per heavy atom. The van der Waals surface area contributed by atoms with Gasteiger partial charge in [-0.1, -0.05) is 18.2 Å². The fourth-order valence-corrected chi connectivity index (χ4v) is 5.98. The van der Waals surface area contributed by atoms with Crippen LogP contribution in [0.2, 0.25) is 0 Å². The van der Waals surface area contributed by atoms with Crippen molar-refractivity contribution in [2.45, 2.75) is 32.0 Å².